The highest BCUT2D eigenvalue weighted by Crippen LogP contribution is 2.26. The minimum Gasteiger partial charge on any atom is -0.493 e. The Kier molecular flexibility index (Phi) is 6.64. The third kappa shape index (κ3) is 4.79. The predicted octanol–water partition coefficient (Wildman–Crippen LogP) is 2.40. The molecule has 1 aromatic rings. The molecule has 0 aliphatic carbocycles. The van der Waals surface area contributed by atoms with Crippen LogP contribution in [0.5, 0.6) is 5.75 Å². The number of morpholine rings is 1. The molecule has 2 saturated heterocycles. The van der Waals surface area contributed by atoms with E-state index in [1.807, 2.05) is 24.3 Å². The van der Waals surface area contributed by atoms with Crippen LogP contribution in [0.2, 0.25) is 0 Å². The van der Waals surface area contributed by atoms with Gasteiger partial charge in [-0.3, -0.25) is 9.69 Å². The van der Waals surface area contributed by atoms with Crippen molar-refractivity contribution in [2.45, 2.75) is 19.3 Å². The molecule has 0 saturated carbocycles. The fourth-order valence-electron chi connectivity index (χ4n) is 3.27. The first-order chi connectivity index (χ1) is 11.8. The number of carbonyl (C=O) groups is 1. The summed E-state index contributed by atoms with van der Waals surface area (Å²) in [5.74, 6) is 0.981. The molecule has 2 fully saturated rings. The van der Waals surface area contributed by atoms with E-state index in [2.05, 4.69) is 4.90 Å². The summed E-state index contributed by atoms with van der Waals surface area (Å²) >= 11 is 0. The van der Waals surface area contributed by atoms with E-state index in [0.717, 1.165) is 63.4 Å². The molecule has 24 heavy (non-hydrogen) atoms. The fourth-order valence-corrected chi connectivity index (χ4v) is 3.27. The molecule has 132 valence electrons. The molecule has 0 spiro atoms. The summed E-state index contributed by atoms with van der Waals surface area (Å²) < 4.78 is 16.6. The van der Waals surface area contributed by atoms with Gasteiger partial charge in [0.1, 0.15) is 5.75 Å². The third-order valence-electron chi connectivity index (χ3n) is 4.72. The number of rotatable bonds is 7. The maximum atomic E-state index is 12.7. The Morgan fingerprint density at radius 3 is 2.58 bits per heavy atom. The zero-order chi connectivity index (χ0) is 16.6. The molecular formula is C19H27NO4. The average Bonchev–Trinajstić information content (AvgIpc) is 2.66. The van der Waals surface area contributed by atoms with Crippen molar-refractivity contribution in [3.8, 4) is 5.75 Å². The summed E-state index contributed by atoms with van der Waals surface area (Å²) in [6.45, 7) is 6.65. The van der Waals surface area contributed by atoms with E-state index in [0.29, 0.717) is 19.8 Å². The van der Waals surface area contributed by atoms with Crippen LogP contribution in [0.4, 0.5) is 0 Å². The van der Waals surface area contributed by atoms with E-state index in [-0.39, 0.29) is 11.7 Å². The predicted molar refractivity (Wildman–Crippen MR) is 91.7 cm³/mol. The summed E-state index contributed by atoms with van der Waals surface area (Å²) in [5.41, 5.74) is 0.718. The van der Waals surface area contributed by atoms with Crippen molar-refractivity contribution in [1.82, 2.24) is 4.90 Å². The van der Waals surface area contributed by atoms with Crippen molar-refractivity contribution in [2.24, 2.45) is 5.92 Å². The maximum Gasteiger partial charge on any atom is 0.169 e. The zero-order valence-electron chi connectivity index (χ0n) is 14.2. The monoisotopic (exact) mass is 333 g/mol. The Bertz CT molecular complexity index is 522. The highest BCUT2D eigenvalue weighted by atomic mass is 16.5. The van der Waals surface area contributed by atoms with Gasteiger partial charge in [-0.05, 0) is 31.4 Å². The van der Waals surface area contributed by atoms with Crippen molar-refractivity contribution in [3.05, 3.63) is 29.8 Å². The fraction of sp³-hybridized carbons (Fsp3) is 0.632. The summed E-state index contributed by atoms with van der Waals surface area (Å²) in [7, 11) is 0. The molecule has 0 unspecified atom stereocenters. The minimum absolute atomic E-state index is 0.0665. The number of benzene rings is 1. The van der Waals surface area contributed by atoms with Crippen LogP contribution in [0.3, 0.4) is 0 Å². The normalized spacial score (nSPS) is 20.0. The van der Waals surface area contributed by atoms with Crippen molar-refractivity contribution < 1.29 is 19.0 Å². The topological polar surface area (TPSA) is 48.0 Å². The molecule has 0 N–H and O–H groups in total. The molecule has 0 aromatic heterocycles. The molecule has 5 heteroatoms. The molecular weight excluding hydrogens is 306 g/mol. The van der Waals surface area contributed by atoms with Crippen LogP contribution in [0.1, 0.15) is 29.6 Å². The largest absolute Gasteiger partial charge is 0.493 e. The number of para-hydroxylation sites is 1. The van der Waals surface area contributed by atoms with E-state index in [1.165, 1.54) is 0 Å². The maximum absolute atomic E-state index is 12.7. The Balaban J connectivity index is 1.50. The second-order valence-corrected chi connectivity index (χ2v) is 6.40. The summed E-state index contributed by atoms with van der Waals surface area (Å²) in [6, 6.07) is 7.63. The number of ether oxygens (including phenoxy) is 3. The van der Waals surface area contributed by atoms with Crippen LogP contribution in [0.25, 0.3) is 0 Å². The molecule has 0 radical (unpaired) electrons. The SMILES string of the molecule is O=C(c1ccccc1OCCCN1CCOCC1)C1CCOCC1. The Hall–Kier alpha value is -1.43. The number of nitrogens with zero attached hydrogens (tertiary/aromatic N) is 1. The lowest BCUT2D eigenvalue weighted by Crippen LogP contribution is -2.37. The van der Waals surface area contributed by atoms with Gasteiger partial charge in [0.2, 0.25) is 0 Å². The number of carbonyl (C=O) groups excluding carboxylic acids is 1. The lowest BCUT2D eigenvalue weighted by atomic mass is 9.90. The Morgan fingerprint density at radius 1 is 1.08 bits per heavy atom. The molecule has 5 nitrogen and oxygen atoms in total. The van der Waals surface area contributed by atoms with Crippen LogP contribution in [-0.2, 0) is 9.47 Å². The van der Waals surface area contributed by atoms with E-state index in [1.54, 1.807) is 0 Å². The second-order valence-electron chi connectivity index (χ2n) is 6.40. The van der Waals surface area contributed by atoms with Crippen molar-refractivity contribution in [2.75, 3.05) is 52.7 Å². The molecule has 0 bridgehead atoms. The molecule has 2 heterocycles. The Labute approximate surface area is 143 Å². The van der Waals surface area contributed by atoms with Gasteiger partial charge in [-0.15, -0.1) is 0 Å². The van der Waals surface area contributed by atoms with Crippen LogP contribution >= 0.6 is 0 Å². The first-order valence-electron chi connectivity index (χ1n) is 8.98. The lowest BCUT2D eigenvalue weighted by molar-refractivity contribution is 0.0357. The van der Waals surface area contributed by atoms with E-state index >= 15 is 0 Å². The van der Waals surface area contributed by atoms with Gasteiger partial charge in [0, 0.05) is 38.8 Å². The quantitative estimate of drug-likeness (QED) is 0.566. The lowest BCUT2D eigenvalue weighted by Gasteiger charge is -2.26. The standard InChI is InChI=1S/C19H27NO4/c21-19(16-6-12-22-13-7-16)17-4-1-2-5-18(17)24-11-3-8-20-9-14-23-15-10-20/h1-2,4-5,16H,3,6-15H2. The molecule has 2 aliphatic heterocycles. The second kappa shape index (κ2) is 9.16. The Morgan fingerprint density at radius 2 is 1.79 bits per heavy atom. The summed E-state index contributed by atoms with van der Waals surface area (Å²) in [6.07, 6.45) is 2.58. The van der Waals surface area contributed by atoms with E-state index < -0.39 is 0 Å². The van der Waals surface area contributed by atoms with Gasteiger partial charge in [-0.25, -0.2) is 0 Å². The van der Waals surface area contributed by atoms with Crippen LogP contribution in [0, 0.1) is 5.92 Å². The van der Waals surface area contributed by atoms with Crippen molar-refractivity contribution in [3.63, 3.8) is 0 Å². The number of Topliss-reactive ketones (excluding diaryl/α,β-unsaturated/α-hetero) is 1. The van der Waals surface area contributed by atoms with Gasteiger partial charge in [-0.2, -0.15) is 0 Å². The molecule has 3 rings (SSSR count). The van der Waals surface area contributed by atoms with E-state index in [9.17, 15) is 4.79 Å². The molecule has 0 atom stereocenters. The van der Waals surface area contributed by atoms with Crippen molar-refractivity contribution >= 4 is 5.78 Å². The average molecular weight is 333 g/mol. The van der Waals surface area contributed by atoms with Gasteiger partial charge in [0.15, 0.2) is 5.78 Å². The van der Waals surface area contributed by atoms with Crippen molar-refractivity contribution in [1.29, 1.82) is 0 Å². The first-order valence-corrected chi connectivity index (χ1v) is 8.98. The highest BCUT2D eigenvalue weighted by Gasteiger charge is 2.25. The smallest absolute Gasteiger partial charge is 0.169 e. The highest BCUT2D eigenvalue weighted by molar-refractivity contribution is 6.00. The van der Waals surface area contributed by atoms with Gasteiger partial charge in [0.25, 0.3) is 0 Å². The first kappa shape index (κ1) is 17.4. The van der Waals surface area contributed by atoms with Crippen LogP contribution in [0.15, 0.2) is 24.3 Å². The van der Waals surface area contributed by atoms with Crippen LogP contribution in [-0.4, -0.2) is 63.4 Å². The summed E-state index contributed by atoms with van der Waals surface area (Å²) in [4.78, 5) is 15.1. The molecule has 2 aliphatic rings. The third-order valence-corrected chi connectivity index (χ3v) is 4.72. The van der Waals surface area contributed by atoms with Gasteiger partial charge >= 0.3 is 0 Å². The van der Waals surface area contributed by atoms with Gasteiger partial charge < -0.3 is 14.2 Å². The minimum atomic E-state index is 0.0665. The summed E-state index contributed by atoms with van der Waals surface area (Å²) in [5, 5.41) is 0. The molecule has 1 aromatic carbocycles. The number of ketones is 1. The van der Waals surface area contributed by atoms with Crippen LogP contribution < -0.4 is 4.74 Å². The van der Waals surface area contributed by atoms with Gasteiger partial charge in [-0.1, -0.05) is 12.1 Å². The van der Waals surface area contributed by atoms with Gasteiger partial charge in [0.05, 0.1) is 25.4 Å². The molecule has 0 amide bonds. The number of hydrogen-bond donors (Lipinski definition) is 0. The zero-order valence-corrected chi connectivity index (χ0v) is 14.2. The van der Waals surface area contributed by atoms with E-state index in [4.69, 9.17) is 14.2 Å². The number of hydrogen-bond acceptors (Lipinski definition) is 5.